The van der Waals surface area contributed by atoms with Gasteiger partial charge in [0.2, 0.25) is 0 Å². The maximum absolute atomic E-state index is 13.5. The van der Waals surface area contributed by atoms with Gasteiger partial charge in [0.05, 0.1) is 6.61 Å². The number of hydrogen-bond acceptors (Lipinski definition) is 4. The van der Waals surface area contributed by atoms with Crippen LogP contribution in [0.2, 0.25) is 0 Å². The molecule has 0 spiro atoms. The van der Waals surface area contributed by atoms with Crippen LogP contribution in [0.25, 0.3) is 0 Å². The lowest BCUT2D eigenvalue weighted by molar-refractivity contribution is 0.0813. The zero-order chi connectivity index (χ0) is 15.1. The Morgan fingerprint density at radius 1 is 1.29 bits per heavy atom. The fraction of sp³-hybridized carbons (Fsp3) is 0.533. The number of benzene rings is 1. The van der Waals surface area contributed by atoms with Gasteiger partial charge >= 0.3 is 6.09 Å². The molecule has 0 aromatic heterocycles. The maximum Gasteiger partial charge on any atom is 0.409 e. The van der Waals surface area contributed by atoms with Crippen molar-refractivity contribution in [2.24, 2.45) is 0 Å². The molecule has 0 aliphatic carbocycles. The number of nitrogens with zero attached hydrogens (tertiary/aromatic N) is 2. The third-order valence-corrected chi connectivity index (χ3v) is 4.43. The molecule has 1 aliphatic heterocycles. The standard InChI is InChI=1S/C15H21FN2O2S/c1-2-20-15(19)18-9-7-17(8-10-18)11-12-21-14-6-4-3-5-13(14)16/h3-6H,2,7-12H2,1H3. The highest BCUT2D eigenvalue weighted by Gasteiger charge is 2.21. The van der Waals surface area contributed by atoms with Gasteiger partial charge in [0, 0.05) is 43.4 Å². The van der Waals surface area contributed by atoms with E-state index < -0.39 is 0 Å². The van der Waals surface area contributed by atoms with Crippen LogP contribution in [0.1, 0.15) is 6.92 Å². The average Bonchev–Trinajstić information content (AvgIpc) is 2.50. The number of ether oxygens (including phenoxy) is 1. The van der Waals surface area contributed by atoms with Crippen molar-refractivity contribution in [2.75, 3.05) is 45.1 Å². The van der Waals surface area contributed by atoms with Crippen molar-refractivity contribution in [3.05, 3.63) is 30.1 Å². The Kier molecular flexibility index (Phi) is 6.32. The van der Waals surface area contributed by atoms with E-state index in [1.807, 2.05) is 13.0 Å². The summed E-state index contributed by atoms with van der Waals surface area (Å²) in [5.41, 5.74) is 0. The van der Waals surface area contributed by atoms with Gasteiger partial charge in [-0.15, -0.1) is 11.8 Å². The van der Waals surface area contributed by atoms with E-state index in [4.69, 9.17) is 4.74 Å². The first-order chi connectivity index (χ1) is 10.2. The lowest BCUT2D eigenvalue weighted by atomic mass is 10.3. The minimum atomic E-state index is -0.224. The summed E-state index contributed by atoms with van der Waals surface area (Å²) in [6, 6.07) is 6.84. The number of amides is 1. The maximum atomic E-state index is 13.5. The second kappa shape index (κ2) is 8.24. The largest absolute Gasteiger partial charge is 0.450 e. The van der Waals surface area contributed by atoms with Gasteiger partial charge in [0.15, 0.2) is 0 Å². The quantitative estimate of drug-likeness (QED) is 0.783. The summed E-state index contributed by atoms with van der Waals surface area (Å²) in [6.45, 7) is 6.21. The summed E-state index contributed by atoms with van der Waals surface area (Å²) in [5.74, 6) is 0.690. The van der Waals surface area contributed by atoms with E-state index in [0.717, 1.165) is 25.4 Å². The summed E-state index contributed by atoms with van der Waals surface area (Å²) >= 11 is 1.53. The lowest BCUT2D eigenvalue weighted by Crippen LogP contribution is -2.49. The summed E-state index contributed by atoms with van der Waals surface area (Å²) in [5, 5.41) is 0. The molecule has 4 nitrogen and oxygen atoms in total. The zero-order valence-electron chi connectivity index (χ0n) is 12.3. The Bertz CT molecular complexity index is 465. The third kappa shape index (κ3) is 4.89. The second-order valence-electron chi connectivity index (χ2n) is 4.81. The van der Waals surface area contributed by atoms with E-state index in [1.165, 1.54) is 17.8 Å². The van der Waals surface area contributed by atoms with Gasteiger partial charge in [-0.05, 0) is 19.1 Å². The van der Waals surface area contributed by atoms with E-state index in [9.17, 15) is 9.18 Å². The molecule has 1 saturated heterocycles. The van der Waals surface area contributed by atoms with Crippen LogP contribution in [0.15, 0.2) is 29.2 Å². The molecule has 0 bridgehead atoms. The Morgan fingerprint density at radius 2 is 2.00 bits per heavy atom. The van der Waals surface area contributed by atoms with Crippen molar-refractivity contribution in [3.63, 3.8) is 0 Å². The summed E-state index contributed by atoms with van der Waals surface area (Å²) < 4.78 is 18.5. The molecule has 116 valence electrons. The Balaban J connectivity index is 1.67. The van der Waals surface area contributed by atoms with Crippen molar-refractivity contribution in [1.29, 1.82) is 0 Å². The van der Waals surface area contributed by atoms with Crippen LogP contribution >= 0.6 is 11.8 Å². The molecular formula is C15H21FN2O2S. The SMILES string of the molecule is CCOC(=O)N1CCN(CCSc2ccccc2F)CC1. The van der Waals surface area contributed by atoms with E-state index in [2.05, 4.69) is 4.90 Å². The van der Waals surface area contributed by atoms with E-state index in [-0.39, 0.29) is 11.9 Å². The topological polar surface area (TPSA) is 32.8 Å². The molecule has 1 fully saturated rings. The molecule has 0 radical (unpaired) electrons. The van der Waals surface area contributed by atoms with Crippen LogP contribution in [-0.2, 0) is 4.74 Å². The number of halogens is 1. The van der Waals surface area contributed by atoms with Crippen LogP contribution in [0.4, 0.5) is 9.18 Å². The molecule has 1 amide bonds. The number of thioether (sulfide) groups is 1. The van der Waals surface area contributed by atoms with Crippen molar-refractivity contribution >= 4 is 17.9 Å². The van der Waals surface area contributed by atoms with E-state index in [1.54, 1.807) is 17.0 Å². The predicted octanol–water partition coefficient (Wildman–Crippen LogP) is 2.69. The van der Waals surface area contributed by atoms with Crippen LogP contribution < -0.4 is 0 Å². The summed E-state index contributed by atoms with van der Waals surface area (Å²) in [6.07, 6.45) is -0.224. The minimum Gasteiger partial charge on any atom is -0.450 e. The highest BCUT2D eigenvalue weighted by Crippen LogP contribution is 2.21. The molecule has 1 heterocycles. The highest BCUT2D eigenvalue weighted by atomic mass is 32.2. The average molecular weight is 312 g/mol. The fourth-order valence-corrected chi connectivity index (χ4v) is 3.17. The summed E-state index contributed by atoms with van der Waals surface area (Å²) in [7, 11) is 0. The van der Waals surface area contributed by atoms with Crippen LogP contribution in [0, 0.1) is 5.82 Å². The van der Waals surface area contributed by atoms with Crippen LogP contribution in [0.3, 0.4) is 0 Å². The van der Waals surface area contributed by atoms with Crippen LogP contribution in [-0.4, -0.2) is 61.0 Å². The molecule has 0 unspecified atom stereocenters. The van der Waals surface area contributed by atoms with Gasteiger partial charge < -0.3 is 9.64 Å². The minimum absolute atomic E-state index is 0.158. The number of carbonyl (C=O) groups is 1. The van der Waals surface area contributed by atoms with Gasteiger partial charge in [-0.25, -0.2) is 9.18 Å². The highest BCUT2D eigenvalue weighted by molar-refractivity contribution is 7.99. The normalized spacial score (nSPS) is 16.0. The molecule has 21 heavy (non-hydrogen) atoms. The molecule has 1 aromatic carbocycles. The molecule has 1 aliphatic rings. The first-order valence-electron chi connectivity index (χ1n) is 7.22. The molecular weight excluding hydrogens is 291 g/mol. The van der Waals surface area contributed by atoms with Gasteiger partial charge in [0.1, 0.15) is 5.82 Å². The Hall–Kier alpha value is -1.27. The molecule has 1 aromatic rings. The third-order valence-electron chi connectivity index (χ3n) is 3.40. The molecule has 0 saturated carbocycles. The van der Waals surface area contributed by atoms with Crippen molar-refractivity contribution < 1.29 is 13.9 Å². The molecule has 0 N–H and O–H groups in total. The zero-order valence-corrected chi connectivity index (χ0v) is 13.1. The van der Waals surface area contributed by atoms with Crippen LogP contribution in [0.5, 0.6) is 0 Å². The second-order valence-corrected chi connectivity index (χ2v) is 5.94. The number of piperazine rings is 1. The predicted molar refractivity (Wildman–Crippen MR) is 82.2 cm³/mol. The van der Waals surface area contributed by atoms with Gasteiger partial charge in [0.25, 0.3) is 0 Å². The molecule has 0 atom stereocenters. The number of rotatable bonds is 5. The van der Waals surface area contributed by atoms with Gasteiger partial charge in [-0.3, -0.25) is 4.90 Å². The molecule has 2 rings (SSSR count). The first kappa shape index (κ1) is 16.1. The van der Waals surface area contributed by atoms with E-state index in [0.29, 0.717) is 24.6 Å². The number of carbonyl (C=O) groups excluding carboxylic acids is 1. The summed E-state index contributed by atoms with van der Waals surface area (Å²) in [4.78, 5) is 16.3. The van der Waals surface area contributed by atoms with Crippen molar-refractivity contribution in [3.8, 4) is 0 Å². The number of hydrogen-bond donors (Lipinski definition) is 0. The van der Waals surface area contributed by atoms with Crippen molar-refractivity contribution in [2.45, 2.75) is 11.8 Å². The molecule has 6 heteroatoms. The fourth-order valence-electron chi connectivity index (χ4n) is 2.22. The Labute approximate surface area is 129 Å². The van der Waals surface area contributed by atoms with Gasteiger partial charge in [-0.2, -0.15) is 0 Å². The van der Waals surface area contributed by atoms with Gasteiger partial charge in [-0.1, -0.05) is 12.1 Å². The van der Waals surface area contributed by atoms with Crippen molar-refractivity contribution in [1.82, 2.24) is 9.80 Å². The Morgan fingerprint density at radius 3 is 2.67 bits per heavy atom. The monoisotopic (exact) mass is 312 g/mol. The first-order valence-corrected chi connectivity index (χ1v) is 8.20. The smallest absolute Gasteiger partial charge is 0.409 e. The van der Waals surface area contributed by atoms with E-state index >= 15 is 0 Å². The lowest BCUT2D eigenvalue weighted by Gasteiger charge is -2.33.